The number of carbonyl (C=O) groups is 1. The van der Waals surface area contributed by atoms with Gasteiger partial charge in [-0.05, 0) is 12.8 Å². The van der Waals surface area contributed by atoms with Gasteiger partial charge in [-0.15, -0.1) is 0 Å². The van der Waals surface area contributed by atoms with Gasteiger partial charge >= 0.3 is 0 Å². The third-order valence-corrected chi connectivity index (χ3v) is 11.2. The minimum absolute atomic E-state index is 0.254. The summed E-state index contributed by atoms with van der Waals surface area (Å²) in [4.78, 5) is 12.8. The topological polar surface area (TPSA) is 307 Å². The maximum atomic E-state index is 12.8. The van der Waals surface area contributed by atoms with Gasteiger partial charge in [-0.2, -0.15) is 0 Å². The van der Waals surface area contributed by atoms with E-state index in [2.05, 4.69) is 12.2 Å². The summed E-state index contributed by atoms with van der Waals surface area (Å²) in [5.74, 6) is -0.272. The molecule has 58 heavy (non-hydrogen) atoms. The number of aliphatic hydroxyl groups excluding tert-OH is 11. The highest BCUT2D eigenvalue weighted by Gasteiger charge is 2.53. The second-order valence-electron chi connectivity index (χ2n) is 15.8. The summed E-state index contributed by atoms with van der Waals surface area (Å²) in [6.07, 6.45) is -12.1. The lowest BCUT2D eigenvalue weighted by molar-refractivity contribution is -0.379. The van der Waals surface area contributed by atoms with Gasteiger partial charge in [-0.1, -0.05) is 90.9 Å². The van der Waals surface area contributed by atoms with Crippen molar-refractivity contribution in [2.24, 2.45) is 0 Å². The predicted molar refractivity (Wildman–Crippen MR) is 204 cm³/mol. The molecule has 3 aliphatic rings. The summed E-state index contributed by atoms with van der Waals surface area (Å²) < 4.78 is 33.8. The third kappa shape index (κ3) is 15.0. The molecule has 0 aliphatic carbocycles. The Morgan fingerprint density at radius 1 is 0.552 bits per heavy atom. The predicted octanol–water partition coefficient (Wildman–Crippen LogP) is -1.81. The van der Waals surface area contributed by atoms with Gasteiger partial charge in [0.15, 0.2) is 18.9 Å². The molecule has 0 spiro atoms. The van der Waals surface area contributed by atoms with Crippen molar-refractivity contribution in [3.05, 3.63) is 0 Å². The van der Waals surface area contributed by atoms with Gasteiger partial charge in [0.1, 0.15) is 73.2 Å². The van der Waals surface area contributed by atoms with Crippen LogP contribution in [-0.4, -0.2) is 193 Å². The number of aliphatic hydroxyl groups is 11. The molecule has 3 saturated heterocycles. The number of hydrogen-bond acceptors (Lipinski definition) is 18. The van der Waals surface area contributed by atoms with E-state index >= 15 is 0 Å². The van der Waals surface area contributed by atoms with Crippen LogP contribution in [-0.2, 0) is 33.2 Å². The van der Waals surface area contributed by atoms with Crippen LogP contribution in [0.2, 0.25) is 0 Å². The highest BCUT2D eigenvalue weighted by molar-refractivity contribution is 5.76. The van der Waals surface area contributed by atoms with Crippen molar-refractivity contribution in [2.45, 2.75) is 214 Å². The summed E-state index contributed by atoms with van der Waals surface area (Å²) in [5.41, 5.74) is 0. The molecule has 0 aromatic heterocycles. The normalized spacial score (nSPS) is 36.7. The molecular formula is C39H73NO18. The van der Waals surface area contributed by atoms with E-state index in [4.69, 9.17) is 28.4 Å². The average Bonchev–Trinajstić information content (AvgIpc) is 3.21. The molecule has 12 N–H and O–H groups in total. The third-order valence-electron chi connectivity index (χ3n) is 11.2. The van der Waals surface area contributed by atoms with Gasteiger partial charge in [0.2, 0.25) is 5.91 Å². The van der Waals surface area contributed by atoms with Crippen LogP contribution in [0.1, 0.15) is 110 Å². The summed E-state index contributed by atoms with van der Waals surface area (Å²) in [6, 6.07) is -0.872. The highest BCUT2D eigenvalue weighted by atomic mass is 16.8. The molecule has 17 atom stereocenters. The average molecular weight is 844 g/mol. The Bertz CT molecular complexity index is 1110. The van der Waals surface area contributed by atoms with E-state index in [1.165, 1.54) is 38.5 Å². The van der Waals surface area contributed by atoms with Gasteiger partial charge < -0.3 is 89.9 Å². The second-order valence-corrected chi connectivity index (χ2v) is 15.8. The number of rotatable bonds is 27. The van der Waals surface area contributed by atoms with Crippen molar-refractivity contribution in [3.8, 4) is 0 Å². The van der Waals surface area contributed by atoms with E-state index in [1.807, 2.05) is 6.92 Å². The van der Waals surface area contributed by atoms with Crippen LogP contribution in [0.3, 0.4) is 0 Å². The Balaban J connectivity index is 1.59. The first-order valence-electron chi connectivity index (χ1n) is 21.3. The fraction of sp³-hybridized carbons (Fsp3) is 0.974. The Morgan fingerprint density at radius 2 is 0.983 bits per heavy atom. The molecular weight excluding hydrogens is 770 g/mol. The van der Waals surface area contributed by atoms with E-state index in [0.29, 0.717) is 12.8 Å². The zero-order valence-corrected chi connectivity index (χ0v) is 34.0. The molecule has 3 fully saturated rings. The Kier molecular flexibility index (Phi) is 23.8. The first-order chi connectivity index (χ1) is 27.8. The van der Waals surface area contributed by atoms with Crippen LogP contribution in [0.15, 0.2) is 0 Å². The van der Waals surface area contributed by atoms with E-state index < -0.39 is 124 Å². The number of nitrogens with one attached hydrogen (secondary N) is 1. The first-order valence-corrected chi connectivity index (χ1v) is 21.3. The van der Waals surface area contributed by atoms with E-state index in [-0.39, 0.29) is 18.9 Å². The molecule has 3 aliphatic heterocycles. The minimum atomic E-state index is -1.96. The molecule has 19 heteroatoms. The fourth-order valence-corrected chi connectivity index (χ4v) is 7.49. The van der Waals surface area contributed by atoms with Crippen LogP contribution < -0.4 is 5.32 Å². The van der Waals surface area contributed by atoms with Gasteiger partial charge in [0.05, 0.1) is 38.6 Å². The Morgan fingerprint density at radius 3 is 1.50 bits per heavy atom. The molecule has 0 saturated carbocycles. The molecule has 0 aromatic carbocycles. The van der Waals surface area contributed by atoms with Crippen molar-refractivity contribution in [3.63, 3.8) is 0 Å². The zero-order chi connectivity index (χ0) is 42.8. The summed E-state index contributed by atoms with van der Waals surface area (Å²) in [7, 11) is 0. The maximum absolute atomic E-state index is 12.8. The molecule has 342 valence electrons. The zero-order valence-electron chi connectivity index (χ0n) is 34.0. The van der Waals surface area contributed by atoms with Crippen LogP contribution in [0.5, 0.6) is 0 Å². The van der Waals surface area contributed by atoms with Gasteiger partial charge in [0.25, 0.3) is 0 Å². The SMILES string of the molecule is CCCCCCCCCCCCC(O)C(COC1OC(CO)C(OC2OC(CO)C(OC3OC(CO)C(O)C(O)C3O)C(O)C2O)C(O)C1O)NC(=O)CCCCC. The van der Waals surface area contributed by atoms with Crippen molar-refractivity contribution in [1.82, 2.24) is 5.32 Å². The van der Waals surface area contributed by atoms with Crippen molar-refractivity contribution < 1.29 is 89.4 Å². The van der Waals surface area contributed by atoms with Crippen LogP contribution >= 0.6 is 0 Å². The van der Waals surface area contributed by atoms with Gasteiger partial charge in [-0.25, -0.2) is 0 Å². The van der Waals surface area contributed by atoms with Crippen molar-refractivity contribution in [2.75, 3.05) is 26.4 Å². The fourth-order valence-electron chi connectivity index (χ4n) is 7.49. The molecule has 3 heterocycles. The lowest BCUT2D eigenvalue weighted by Crippen LogP contribution is -2.66. The number of hydrogen-bond donors (Lipinski definition) is 12. The van der Waals surface area contributed by atoms with Gasteiger partial charge in [-0.3, -0.25) is 4.79 Å². The summed E-state index contributed by atoms with van der Waals surface area (Å²) in [5, 5.41) is 118. The Hall–Kier alpha value is -1.21. The second kappa shape index (κ2) is 27.0. The standard InChI is InChI=1S/C39H73NO18/c1-3-5-7-8-9-10-11-12-13-15-16-23(44)22(40-27(45)17-14-6-4-2)21-53-37-33(51)30(48)35(25(19-42)55-37)58-39-34(52)31(49)36(26(20-43)56-39)57-38-32(50)29(47)28(46)24(18-41)54-38/h22-26,28-39,41-44,46-52H,3-21H2,1-2H3,(H,40,45). The van der Waals surface area contributed by atoms with E-state index in [1.54, 1.807) is 0 Å². The molecule has 0 radical (unpaired) electrons. The molecule has 1 amide bonds. The lowest BCUT2D eigenvalue weighted by atomic mass is 9.96. The summed E-state index contributed by atoms with van der Waals surface area (Å²) in [6.45, 7) is 1.51. The van der Waals surface area contributed by atoms with Crippen LogP contribution in [0, 0.1) is 0 Å². The highest BCUT2D eigenvalue weighted by Crippen LogP contribution is 2.33. The molecule has 17 unspecified atom stereocenters. The van der Waals surface area contributed by atoms with E-state index in [0.717, 1.165) is 38.5 Å². The first kappa shape index (κ1) is 51.1. The number of unbranched alkanes of at least 4 members (excludes halogenated alkanes) is 11. The Labute approximate surface area is 341 Å². The minimum Gasteiger partial charge on any atom is -0.394 e. The lowest BCUT2D eigenvalue weighted by Gasteiger charge is -2.48. The molecule has 3 rings (SSSR count). The van der Waals surface area contributed by atoms with Crippen LogP contribution in [0.4, 0.5) is 0 Å². The quantitative estimate of drug-likeness (QED) is 0.0406. The largest absolute Gasteiger partial charge is 0.394 e. The smallest absolute Gasteiger partial charge is 0.220 e. The number of amides is 1. The molecule has 0 aromatic rings. The number of ether oxygens (including phenoxy) is 6. The summed E-state index contributed by atoms with van der Waals surface area (Å²) >= 11 is 0. The van der Waals surface area contributed by atoms with Gasteiger partial charge in [0, 0.05) is 6.42 Å². The van der Waals surface area contributed by atoms with Crippen molar-refractivity contribution >= 4 is 5.91 Å². The maximum Gasteiger partial charge on any atom is 0.220 e. The molecule has 0 bridgehead atoms. The number of carbonyl (C=O) groups excluding carboxylic acids is 1. The monoisotopic (exact) mass is 843 g/mol. The molecule has 19 nitrogen and oxygen atoms in total. The van der Waals surface area contributed by atoms with Crippen molar-refractivity contribution in [1.29, 1.82) is 0 Å². The van der Waals surface area contributed by atoms with Crippen LogP contribution in [0.25, 0.3) is 0 Å². The van der Waals surface area contributed by atoms with E-state index in [9.17, 15) is 61.0 Å².